The Labute approximate surface area is 98.1 Å². The van der Waals surface area contributed by atoms with Gasteiger partial charge in [-0.1, -0.05) is 26.2 Å². The van der Waals surface area contributed by atoms with Crippen molar-refractivity contribution in [2.45, 2.75) is 57.5 Å². The van der Waals surface area contributed by atoms with E-state index in [4.69, 9.17) is 4.74 Å². The van der Waals surface area contributed by atoms with Crippen molar-refractivity contribution < 1.29 is 9.53 Å². The Morgan fingerprint density at radius 2 is 2.06 bits per heavy atom. The van der Waals surface area contributed by atoms with E-state index in [0.717, 1.165) is 19.3 Å². The number of hydrogen-bond donors (Lipinski definition) is 2. The summed E-state index contributed by atoms with van der Waals surface area (Å²) in [6, 6.07) is 0.443. The average molecular weight is 228 g/mol. The molecule has 4 heteroatoms. The Morgan fingerprint density at radius 1 is 1.38 bits per heavy atom. The highest BCUT2D eigenvalue weighted by molar-refractivity contribution is 5.74. The van der Waals surface area contributed by atoms with E-state index in [2.05, 4.69) is 10.6 Å². The highest BCUT2D eigenvalue weighted by atomic mass is 16.5. The van der Waals surface area contributed by atoms with Crippen molar-refractivity contribution in [3.05, 3.63) is 0 Å². The highest BCUT2D eigenvalue weighted by Gasteiger charge is 2.17. The molecule has 94 valence electrons. The van der Waals surface area contributed by atoms with Crippen molar-refractivity contribution in [1.82, 2.24) is 10.6 Å². The Kier molecular flexibility index (Phi) is 6.23. The molecule has 0 unspecified atom stereocenters. The number of nitrogens with one attached hydrogen (secondary N) is 2. The van der Waals surface area contributed by atoms with Gasteiger partial charge in [0.15, 0.2) is 0 Å². The monoisotopic (exact) mass is 228 g/mol. The smallest absolute Gasteiger partial charge is 0.315 e. The van der Waals surface area contributed by atoms with Gasteiger partial charge in [-0.2, -0.15) is 0 Å². The second-order valence-electron chi connectivity index (χ2n) is 4.51. The molecule has 0 heterocycles. The molecule has 1 atom stereocenters. The average Bonchev–Trinajstić information content (AvgIpc) is 2.29. The SMILES string of the molecule is CC[C@@H](COC)NC(=O)NC1CCCCC1. The maximum absolute atomic E-state index is 11.7. The van der Waals surface area contributed by atoms with Crippen LogP contribution in [-0.4, -0.2) is 31.8 Å². The molecule has 0 aromatic rings. The maximum atomic E-state index is 11.7. The molecule has 2 N–H and O–H groups in total. The van der Waals surface area contributed by atoms with Crippen LogP contribution in [0.25, 0.3) is 0 Å². The van der Waals surface area contributed by atoms with E-state index < -0.39 is 0 Å². The predicted molar refractivity (Wildman–Crippen MR) is 64.5 cm³/mol. The van der Waals surface area contributed by atoms with Gasteiger partial charge in [-0.25, -0.2) is 4.79 Å². The van der Waals surface area contributed by atoms with Crippen molar-refractivity contribution in [2.75, 3.05) is 13.7 Å². The van der Waals surface area contributed by atoms with Crippen LogP contribution in [0.1, 0.15) is 45.4 Å². The van der Waals surface area contributed by atoms with E-state index in [0.29, 0.717) is 12.6 Å². The lowest BCUT2D eigenvalue weighted by Gasteiger charge is -2.24. The van der Waals surface area contributed by atoms with Crippen LogP contribution in [0.3, 0.4) is 0 Å². The van der Waals surface area contributed by atoms with E-state index in [9.17, 15) is 4.79 Å². The molecule has 0 bridgehead atoms. The van der Waals surface area contributed by atoms with Crippen molar-refractivity contribution >= 4 is 6.03 Å². The number of methoxy groups -OCH3 is 1. The molecule has 0 saturated heterocycles. The molecule has 1 rings (SSSR count). The molecule has 1 aliphatic carbocycles. The number of amides is 2. The molecule has 1 aliphatic rings. The largest absolute Gasteiger partial charge is 0.383 e. The fourth-order valence-corrected chi connectivity index (χ4v) is 2.12. The van der Waals surface area contributed by atoms with Crippen molar-refractivity contribution in [1.29, 1.82) is 0 Å². The highest BCUT2D eigenvalue weighted by Crippen LogP contribution is 2.17. The minimum Gasteiger partial charge on any atom is -0.383 e. The number of hydrogen-bond acceptors (Lipinski definition) is 2. The second-order valence-corrected chi connectivity index (χ2v) is 4.51. The lowest BCUT2D eigenvalue weighted by molar-refractivity contribution is 0.162. The van der Waals surface area contributed by atoms with Gasteiger partial charge in [0.1, 0.15) is 0 Å². The van der Waals surface area contributed by atoms with Crippen LogP contribution in [0, 0.1) is 0 Å². The molecule has 0 aliphatic heterocycles. The summed E-state index contributed by atoms with van der Waals surface area (Å²) in [5.41, 5.74) is 0. The Bertz CT molecular complexity index is 194. The molecule has 0 radical (unpaired) electrons. The molecule has 1 saturated carbocycles. The zero-order valence-corrected chi connectivity index (χ0v) is 10.4. The molecule has 0 aromatic carbocycles. The number of ether oxygens (including phenoxy) is 1. The van der Waals surface area contributed by atoms with Crippen LogP contribution in [0.2, 0.25) is 0 Å². The summed E-state index contributed by atoms with van der Waals surface area (Å²) in [7, 11) is 1.66. The van der Waals surface area contributed by atoms with Gasteiger partial charge in [-0.15, -0.1) is 0 Å². The van der Waals surface area contributed by atoms with Gasteiger partial charge in [0.2, 0.25) is 0 Å². The van der Waals surface area contributed by atoms with Gasteiger partial charge in [0.05, 0.1) is 12.6 Å². The van der Waals surface area contributed by atoms with Crippen LogP contribution in [0.5, 0.6) is 0 Å². The lowest BCUT2D eigenvalue weighted by atomic mass is 9.96. The summed E-state index contributed by atoms with van der Waals surface area (Å²) in [5, 5.41) is 5.98. The van der Waals surface area contributed by atoms with Gasteiger partial charge < -0.3 is 15.4 Å². The minimum absolute atomic E-state index is 0.0456. The van der Waals surface area contributed by atoms with E-state index >= 15 is 0 Å². The molecule has 0 spiro atoms. The van der Waals surface area contributed by atoms with E-state index in [1.165, 1.54) is 19.3 Å². The van der Waals surface area contributed by atoms with Crippen LogP contribution in [0.4, 0.5) is 4.79 Å². The first-order valence-corrected chi connectivity index (χ1v) is 6.32. The molecule has 16 heavy (non-hydrogen) atoms. The van der Waals surface area contributed by atoms with E-state index in [1.807, 2.05) is 6.92 Å². The first-order valence-electron chi connectivity index (χ1n) is 6.32. The van der Waals surface area contributed by atoms with Gasteiger partial charge in [0, 0.05) is 13.2 Å². The molecule has 2 amide bonds. The summed E-state index contributed by atoms with van der Waals surface area (Å²) < 4.78 is 5.04. The van der Waals surface area contributed by atoms with E-state index in [1.54, 1.807) is 7.11 Å². The lowest BCUT2D eigenvalue weighted by Crippen LogP contribution is -2.47. The van der Waals surface area contributed by atoms with Crippen LogP contribution < -0.4 is 10.6 Å². The fraction of sp³-hybridized carbons (Fsp3) is 0.917. The third-order valence-electron chi connectivity index (χ3n) is 3.14. The molecular formula is C12H24N2O2. The predicted octanol–water partition coefficient (Wildman–Crippen LogP) is 2.04. The topological polar surface area (TPSA) is 50.4 Å². The molecule has 1 fully saturated rings. The third kappa shape index (κ3) is 4.84. The Hall–Kier alpha value is -0.770. The number of carbonyl (C=O) groups is 1. The molecule has 4 nitrogen and oxygen atoms in total. The number of urea groups is 1. The zero-order valence-electron chi connectivity index (χ0n) is 10.4. The zero-order chi connectivity index (χ0) is 11.8. The van der Waals surface area contributed by atoms with Gasteiger partial charge in [-0.3, -0.25) is 0 Å². The summed E-state index contributed by atoms with van der Waals surface area (Å²) in [4.78, 5) is 11.7. The van der Waals surface area contributed by atoms with Crippen LogP contribution in [0.15, 0.2) is 0 Å². The quantitative estimate of drug-likeness (QED) is 0.756. The first kappa shape index (κ1) is 13.3. The number of carbonyl (C=O) groups excluding carboxylic acids is 1. The van der Waals surface area contributed by atoms with Gasteiger partial charge in [-0.05, 0) is 19.3 Å². The molecular weight excluding hydrogens is 204 g/mol. The summed E-state index contributed by atoms with van der Waals surface area (Å²) >= 11 is 0. The standard InChI is InChI=1S/C12H24N2O2/c1-3-10(9-16-2)13-12(15)14-11-7-5-4-6-8-11/h10-11H,3-9H2,1-2H3,(H2,13,14,15)/t10-/m0/s1. The van der Waals surface area contributed by atoms with Crippen molar-refractivity contribution in [2.24, 2.45) is 0 Å². The first-order chi connectivity index (χ1) is 7.76. The number of rotatable bonds is 5. The second kappa shape index (κ2) is 7.49. The summed E-state index contributed by atoms with van der Waals surface area (Å²) in [6.45, 7) is 2.62. The van der Waals surface area contributed by atoms with Crippen LogP contribution in [-0.2, 0) is 4.74 Å². The van der Waals surface area contributed by atoms with Gasteiger partial charge in [0.25, 0.3) is 0 Å². The maximum Gasteiger partial charge on any atom is 0.315 e. The Morgan fingerprint density at radius 3 is 2.62 bits per heavy atom. The normalized spacial score (nSPS) is 19.1. The summed E-state index contributed by atoms with van der Waals surface area (Å²) in [6.07, 6.45) is 6.91. The third-order valence-corrected chi connectivity index (χ3v) is 3.14. The van der Waals surface area contributed by atoms with Crippen LogP contribution >= 0.6 is 0 Å². The van der Waals surface area contributed by atoms with E-state index in [-0.39, 0.29) is 12.1 Å². The Balaban J connectivity index is 2.22. The minimum atomic E-state index is -0.0456. The van der Waals surface area contributed by atoms with Crippen molar-refractivity contribution in [3.63, 3.8) is 0 Å². The molecule has 0 aromatic heterocycles. The summed E-state index contributed by atoms with van der Waals surface area (Å²) in [5.74, 6) is 0. The van der Waals surface area contributed by atoms with Crippen molar-refractivity contribution in [3.8, 4) is 0 Å². The van der Waals surface area contributed by atoms with Gasteiger partial charge >= 0.3 is 6.03 Å². The fourth-order valence-electron chi connectivity index (χ4n) is 2.12.